The highest BCUT2D eigenvalue weighted by Crippen LogP contribution is 2.21. The fourth-order valence-corrected chi connectivity index (χ4v) is 2.35. The van der Waals surface area contributed by atoms with Gasteiger partial charge in [0.05, 0.1) is 25.6 Å². The van der Waals surface area contributed by atoms with Gasteiger partial charge in [-0.25, -0.2) is 4.79 Å². The van der Waals surface area contributed by atoms with Gasteiger partial charge in [-0.3, -0.25) is 4.68 Å². The molecule has 126 valence electrons. The van der Waals surface area contributed by atoms with E-state index in [-0.39, 0.29) is 18.4 Å². The average molecular weight is 332 g/mol. The predicted octanol–water partition coefficient (Wildman–Crippen LogP) is 1.98. The lowest BCUT2D eigenvalue weighted by Gasteiger charge is -2.23. The Morgan fingerprint density at radius 3 is 2.77 bits per heavy atom. The molecule has 2 heterocycles. The molecule has 0 amide bonds. The smallest absolute Gasteiger partial charge is 0.333 e. The van der Waals surface area contributed by atoms with Crippen molar-refractivity contribution in [3.63, 3.8) is 0 Å². The number of rotatable bonds is 6. The molecule has 0 spiro atoms. The average Bonchev–Trinajstić information content (AvgIpc) is 2.96. The zero-order valence-electron chi connectivity index (χ0n) is 13.5. The number of esters is 1. The maximum atomic E-state index is 11.9. The van der Waals surface area contributed by atoms with Crippen LogP contribution in [0.1, 0.15) is 33.6 Å². The first-order valence-corrected chi connectivity index (χ1v) is 7.60. The largest absolute Gasteiger partial charge is 0.490 e. The number of ether oxygens (including phenoxy) is 2. The number of nitrogens with one attached hydrogen (secondary N) is 1. The van der Waals surface area contributed by atoms with Gasteiger partial charge in [0, 0.05) is 0 Å². The molecule has 0 aliphatic carbocycles. The normalized spacial score (nSPS) is 16.0. The third kappa shape index (κ3) is 4.61. The van der Waals surface area contributed by atoms with Crippen molar-refractivity contribution in [3.05, 3.63) is 12.4 Å². The van der Waals surface area contributed by atoms with Crippen molar-refractivity contribution in [1.82, 2.24) is 15.1 Å². The summed E-state index contributed by atoms with van der Waals surface area (Å²) in [5.41, 5.74) is -0.827. The van der Waals surface area contributed by atoms with Crippen LogP contribution in [0.25, 0.3) is 0 Å². The Kier molecular flexibility index (Phi) is 7.16. The van der Waals surface area contributed by atoms with Gasteiger partial charge in [-0.15, -0.1) is 12.4 Å². The van der Waals surface area contributed by atoms with Gasteiger partial charge >= 0.3 is 5.97 Å². The van der Waals surface area contributed by atoms with Crippen LogP contribution in [0.15, 0.2) is 12.4 Å². The maximum Gasteiger partial charge on any atom is 0.333 e. The van der Waals surface area contributed by atoms with Crippen molar-refractivity contribution in [1.29, 1.82) is 0 Å². The van der Waals surface area contributed by atoms with Crippen LogP contribution in [0.5, 0.6) is 5.75 Å². The van der Waals surface area contributed by atoms with Crippen molar-refractivity contribution in [3.8, 4) is 5.75 Å². The van der Waals surface area contributed by atoms with E-state index in [2.05, 4.69) is 10.4 Å². The van der Waals surface area contributed by atoms with Crippen molar-refractivity contribution in [2.45, 2.75) is 39.2 Å². The number of piperidine rings is 1. The van der Waals surface area contributed by atoms with Crippen LogP contribution in [0.2, 0.25) is 0 Å². The third-order valence-corrected chi connectivity index (χ3v) is 3.85. The van der Waals surface area contributed by atoms with E-state index in [9.17, 15) is 4.79 Å². The molecule has 0 radical (unpaired) electrons. The summed E-state index contributed by atoms with van der Waals surface area (Å²) in [7, 11) is 0. The fourth-order valence-electron chi connectivity index (χ4n) is 2.35. The van der Waals surface area contributed by atoms with Crippen molar-refractivity contribution < 1.29 is 14.3 Å². The van der Waals surface area contributed by atoms with Gasteiger partial charge in [0.1, 0.15) is 0 Å². The highest BCUT2D eigenvalue weighted by atomic mass is 35.5. The highest BCUT2D eigenvalue weighted by molar-refractivity contribution is 5.85. The Balaban J connectivity index is 0.00000242. The molecule has 0 atom stereocenters. The van der Waals surface area contributed by atoms with Gasteiger partial charge in [-0.2, -0.15) is 5.10 Å². The molecule has 1 aromatic rings. The Hall–Kier alpha value is -1.27. The minimum Gasteiger partial charge on any atom is -0.490 e. The molecule has 1 fully saturated rings. The molecule has 1 N–H and O–H groups in total. The standard InChI is InChI=1S/C15H25N3O3.ClH/c1-4-20-14(19)15(2,3)18-10-13(9-17-18)21-11-12-5-7-16-8-6-12;/h9-10,12,16H,4-8,11H2,1-3H3;1H. The van der Waals surface area contributed by atoms with Crippen LogP contribution in [0.3, 0.4) is 0 Å². The van der Waals surface area contributed by atoms with E-state index in [1.54, 1.807) is 37.8 Å². The van der Waals surface area contributed by atoms with Crippen LogP contribution < -0.4 is 10.1 Å². The van der Waals surface area contributed by atoms with Gasteiger partial charge < -0.3 is 14.8 Å². The van der Waals surface area contributed by atoms with Gasteiger partial charge in [-0.1, -0.05) is 0 Å². The van der Waals surface area contributed by atoms with Crippen LogP contribution >= 0.6 is 12.4 Å². The molecule has 1 aromatic heterocycles. The first-order valence-electron chi connectivity index (χ1n) is 7.60. The second kappa shape index (κ2) is 8.39. The van der Waals surface area contributed by atoms with E-state index >= 15 is 0 Å². The molecule has 0 aromatic carbocycles. The second-order valence-corrected chi connectivity index (χ2v) is 5.90. The number of aromatic nitrogens is 2. The maximum absolute atomic E-state index is 11.9. The Bertz CT molecular complexity index is 470. The lowest BCUT2D eigenvalue weighted by molar-refractivity contribution is -0.152. The van der Waals surface area contributed by atoms with Gasteiger partial charge in [0.2, 0.25) is 0 Å². The molecular weight excluding hydrogens is 306 g/mol. The molecule has 2 rings (SSSR count). The van der Waals surface area contributed by atoms with E-state index in [1.807, 2.05) is 0 Å². The summed E-state index contributed by atoms with van der Waals surface area (Å²) in [6, 6.07) is 0. The SMILES string of the molecule is CCOC(=O)C(C)(C)n1cc(OCC2CCNCC2)cn1.Cl. The predicted molar refractivity (Wildman–Crippen MR) is 86.5 cm³/mol. The lowest BCUT2D eigenvalue weighted by Crippen LogP contribution is -2.37. The first-order chi connectivity index (χ1) is 10.0. The Labute approximate surface area is 138 Å². The molecule has 1 aliphatic heterocycles. The summed E-state index contributed by atoms with van der Waals surface area (Å²) in [6.07, 6.45) is 5.70. The van der Waals surface area contributed by atoms with Crippen molar-refractivity contribution in [2.75, 3.05) is 26.3 Å². The van der Waals surface area contributed by atoms with Crippen molar-refractivity contribution >= 4 is 18.4 Å². The molecule has 1 saturated heterocycles. The zero-order chi connectivity index (χ0) is 15.3. The number of carbonyl (C=O) groups is 1. The minimum absolute atomic E-state index is 0. The fraction of sp³-hybridized carbons (Fsp3) is 0.733. The third-order valence-electron chi connectivity index (χ3n) is 3.85. The minimum atomic E-state index is -0.827. The lowest BCUT2D eigenvalue weighted by atomic mass is 9.99. The van der Waals surface area contributed by atoms with Gasteiger partial charge in [0.15, 0.2) is 11.3 Å². The topological polar surface area (TPSA) is 65.4 Å². The van der Waals surface area contributed by atoms with Crippen LogP contribution in [0, 0.1) is 5.92 Å². The molecule has 0 saturated carbocycles. The second-order valence-electron chi connectivity index (χ2n) is 5.90. The van der Waals surface area contributed by atoms with E-state index in [4.69, 9.17) is 9.47 Å². The summed E-state index contributed by atoms with van der Waals surface area (Å²) in [6.45, 7) is 8.55. The van der Waals surface area contributed by atoms with Crippen molar-refractivity contribution in [2.24, 2.45) is 5.92 Å². The Morgan fingerprint density at radius 2 is 2.14 bits per heavy atom. The Morgan fingerprint density at radius 1 is 1.45 bits per heavy atom. The van der Waals surface area contributed by atoms with E-state index in [1.165, 1.54) is 0 Å². The van der Waals surface area contributed by atoms with Crippen LogP contribution in [-0.2, 0) is 15.1 Å². The van der Waals surface area contributed by atoms with E-state index in [0.717, 1.165) is 25.9 Å². The molecule has 0 unspecified atom stereocenters. The quantitative estimate of drug-likeness (QED) is 0.807. The summed E-state index contributed by atoms with van der Waals surface area (Å²) < 4.78 is 12.5. The number of hydrogen-bond donors (Lipinski definition) is 1. The molecule has 0 bridgehead atoms. The van der Waals surface area contributed by atoms with Crippen LogP contribution in [-0.4, -0.2) is 42.1 Å². The molecule has 22 heavy (non-hydrogen) atoms. The summed E-state index contributed by atoms with van der Waals surface area (Å²) >= 11 is 0. The van der Waals surface area contributed by atoms with Gasteiger partial charge in [-0.05, 0) is 52.6 Å². The molecule has 7 heteroatoms. The molecule has 1 aliphatic rings. The highest BCUT2D eigenvalue weighted by Gasteiger charge is 2.32. The zero-order valence-corrected chi connectivity index (χ0v) is 14.3. The first kappa shape index (κ1) is 18.8. The monoisotopic (exact) mass is 331 g/mol. The number of halogens is 1. The molecular formula is C15H26ClN3O3. The number of carbonyl (C=O) groups excluding carboxylic acids is 1. The van der Waals surface area contributed by atoms with E-state index in [0.29, 0.717) is 24.9 Å². The summed E-state index contributed by atoms with van der Waals surface area (Å²) in [4.78, 5) is 11.9. The number of nitrogens with zero attached hydrogens (tertiary/aromatic N) is 2. The van der Waals surface area contributed by atoms with Crippen LogP contribution in [0.4, 0.5) is 0 Å². The summed E-state index contributed by atoms with van der Waals surface area (Å²) in [5.74, 6) is 0.997. The molecule has 6 nitrogen and oxygen atoms in total. The van der Waals surface area contributed by atoms with E-state index < -0.39 is 5.54 Å². The summed E-state index contributed by atoms with van der Waals surface area (Å²) in [5, 5.41) is 7.57. The van der Waals surface area contributed by atoms with Gasteiger partial charge in [0.25, 0.3) is 0 Å². The number of hydrogen-bond acceptors (Lipinski definition) is 5.